The van der Waals surface area contributed by atoms with Crippen LogP contribution in [0.1, 0.15) is 13.8 Å². The molecule has 0 aliphatic carbocycles. The highest BCUT2D eigenvalue weighted by atomic mass is 16.5. The molecule has 0 aromatic carbocycles. The number of ether oxygens (including phenoxy) is 1. The number of rotatable bonds is 3. The maximum Gasteiger partial charge on any atom is 0.407 e. The SMILES string of the molecule is CCOC(=O)N[C@H](C)CN. The van der Waals surface area contributed by atoms with Gasteiger partial charge in [-0.05, 0) is 13.8 Å². The molecular formula is C6H14N2O2. The molecule has 0 aromatic heterocycles. The predicted octanol–water partition coefficient (Wildman–Crippen LogP) is 0.0797. The number of nitrogens with two attached hydrogens (primary N) is 1. The lowest BCUT2D eigenvalue weighted by Gasteiger charge is -2.09. The summed E-state index contributed by atoms with van der Waals surface area (Å²) in [7, 11) is 0. The smallest absolute Gasteiger partial charge is 0.407 e. The van der Waals surface area contributed by atoms with Crippen LogP contribution in [0.25, 0.3) is 0 Å². The third-order valence-electron chi connectivity index (χ3n) is 0.993. The minimum Gasteiger partial charge on any atom is -0.450 e. The lowest BCUT2D eigenvalue weighted by atomic mass is 10.3. The molecule has 0 saturated carbocycles. The molecule has 0 bridgehead atoms. The second-order valence-corrected chi connectivity index (χ2v) is 2.00. The number of hydrogen-bond donors (Lipinski definition) is 2. The molecular weight excluding hydrogens is 132 g/mol. The quantitative estimate of drug-likeness (QED) is 0.592. The molecule has 0 saturated heterocycles. The molecule has 1 atom stereocenters. The topological polar surface area (TPSA) is 64.3 Å². The van der Waals surface area contributed by atoms with Crippen LogP contribution in [0.4, 0.5) is 4.79 Å². The third-order valence-corrected chi connectivity index (χ3v) is 0.993. The molecule has 0 heterocycles. The van der Waals surface area contributed by atoms with Crippen molar-refractivity contribution >= 4 is 6.09 Å². The van der Waals surface area contributed by atoms with Gasteiger partial charge < -0.3 is 15.8 Å². The average molecular weight is 146 g/mol. The standard InChI is InChI=1S/C6H14N2O2/c1-3-10-6(9)8-5(2)4-7/h5H,3-4,7H2,1-2H3,(H,8,9)/t5-/m1/s1. The Morgan fingerprint density at radius 1 is 1.80 bits per heavy atom. The molecule has 0 radical (unpaired) electrons. The van der Waals surface area contributed by atoms with E-state index in [-0.39, 0.29) is 6.04 Å². The number of alkyl carbamates (subject to hydrolysis) is 1. The monoisotopic (exact) mass is 146 g/mol. The molecule has 0 spiro atoms. The van der Waals surface area contributed by atoms with Crippen LogP contribution in [0.15, 0.2) is 0 Å². The normalized spacial score (nSPS) is 12.3. The van der Waals surface area contributed by atoms with Crippen LogP contribution in [0.3, 0.4) is 0 Å². The highest BCUT2D eigenvalue weighted by molar-refractivity contribution is 5.67. The zero-order chi connectivity index (χ0) is 7.98. The number of amides is 1. The van der Waals surface area contributed by atoms with Gasteiger partial charge in [0.25, 0.3) is 0 Å². The summed E-state index contributed by atoms with van der Waals surface area (Å²) >= 11 is 0. The van der Waals surface area contributed by atoms with E-state index >= 15 is 0 Å². The molecule has 4 heteroatoms. The van der Waals surface area contributed by atoms with E-state index in [0.29, 0.717) is 13.2 Å². The van der Waals surface area contributed by atoms with Crippen LogP contribution in [0, 0.1) is 0 Å². The van der Waals surface area contributed by atoms with E-state index < -0.39 is 6.09 Å². The zero-order valence-corrected chi connectivity index (χ0v) is 6.39. The second-order valence-electron chi connectivity index (χ2n) is 2.00. The van der Waals surface area contributed by atoms with Crippen molar-refractivity contribution in [3.05, 3.63) is 0 Å². The summed E-state index contributed by atoms with van der Waals surface area (Å²) in [5.74, 6) is 0. The maximum absolute atomic E-state index is 10.6. The van der Waals surface area contributed by atoms with Crippen molar-refractivity contribution in [1.29, 1.82) is 0 Å². The molecule has 60 valence electrons. The molecule has 0 rings (SSSR count). The molecule has 10 heavy (non-hydrogen) atoms. The first-order chi connectivity index (χ1) is 4.70. The van der Waals surface area contributed by atoms with E-state index in [4.69, 9.17) is 5.73 Å². The van der Waals surface area contributed by atoms with E-state index in [9.17, 15) is 4.79 Å². The summed E-state index contributed by atoms with van der Waals surface area (Å²) in [6, 6.07) is -0.0148. The first kappa shape index (κ1) is 9.23. The number of carbonyl (C=O) groups is 1. The highest BCUT2D eigenvalue weighted by Crippen LogP contribution is 1.80. The van der Waals surface area contributed by atoms with Crippen molar-refractivity contribution in [3.63, 3.8) is 0 Å². The van der Waals surface area contributed by atoms with Gasteiger partial charge in [-0.2, -0.15) is 0 Å². The Kier molecular flexibility index (Phi) is 4.66. The van der Waals surface area contributed by atoms with Gasteiger partial charge in [0.1, 0.15) is 0 Å². The Morgan fingerprint density at radius 3 is 2.80 bits per heavy atom. The van der Waals surface area contributed by atoms with Crippen molar-refractivity contribution in [3.8, 4) is 0 Å². The Bertz CT molecular complexity index is 106. The van der Waals surface area contributed by atoms with E-state index in [1.807, 2.05) is 6.92 Å². The number of carbonyl (C=O) groups excluding carboxylic acids is 1. The van der Waals surface area contributed by atoms with Gasteiger partial charge in [-0.15, -0.1) is 0 Å². The molecule has 3 N–H and O–H groups in total. The first-order valence-corrected chi connectivity index (χ1v) is 3.34. The molecule has 0 fully saturated rings. The van der Waals surface area contributed by atoms with Gasteiger partial charge in [0, 0.05) is 12.6 Å². The van der Waals surface area contributed by atoms with Crippen LogP contribution in [0.2, 0.25) is 0 Å². The highest BCUT2D eigenvalue weighted by Gasteiger charge is 2.03. The lowest BCUT2D eigenvalue weighted by Crippen LogP contribution is -2.38. The fraction of sp³-hybridized carbons (Fsp3) is 0.833. The first-order valence-electron chi connectivity index (χ1n) is 3.34. The summed E-state index contributed by atoms with van der Waals surface area (Å²) in [5, 5.41) is 2.54. The van der Waals surface area contributed by atoms with Crippen molar-refractivity contribution in [2.45, 2.75) is 19.9 Å². The largest absolute Gasteiger partial charge is 0.450 e. The molecule has 1 amide bonds. The van der Waals surface area contributed by atoms with Gasteiger partial charge in [0.2, 0.25) is 0 Å². The van der Waals surface area contributed by atoms with Crippen LogP contribution in [0.5, 0.6) is 0 Å². The summed E-state index contributed by atoms with van der Waals surface area (Å²) < 4.78 is 4.61. The molecule has 0 unspecified atom stereocenters. The Balaban J connectivity index is 3.37. The van der Waals surface area contributed by atoms with Crippen molar-refractivity contribution in [2.75, 3.05) is 13.2 Å². The minimum absolute atomic E-state index is 0.0148. The Hall–Kier alpha value is -0.770. The van der Waals surface area contributed by atoms with E-state index in [1.54, 1.807) is 6.92 Å². The van der Waals surface area contributed by atoms with Crippen molar-refractivity contribution < 1.29 is 9.53 Å². The van der Waals surface area contributed by atoms with Gasteiger partial charge in [-0.3, -0.25) is 0 Å². The average Bonchev–Trinajstić information content (AvgIpc) is 1.88. The van der Waals surface area contributed by atoms with E-state index in [1.165, 1.54) is 0 Å². The molecule has 0 aromatic rings. The van der Waals surface area contributed by atoms with Gasteiger partial charge >= 0.3 is 6.09 Å². The van der Waals surface area contributed by atoms with E-state index in [0.717, 1.165) is 0 Å². The van der Waals surface area contributed by atoms with Crippen LogP contribution >= 0.6 is 0 Å². The predicted molar refractivity (Wildman–Crippen MR) is 38.7 cm³/mol. The van der Waals surface area contributed by atoms with Crippen molar-refractivity contribution in [2.24, 2.45) is 5.73 Å². The van der Waals surface area contributed by atoms with Crippen molar-refractivity contribution in [1.82, 2.24) is 5.32 Å². The molecule has 4 nitrogen and oxygen atoms in total. The number of hydrogen-bond acceptors (Lipinski definition) is 3. The van der Waals surface area contributed by atoms with Gasteiger partial charge in [0.15, 0.2) is 0 Å². The molecule has 0 aliphatic rings. The van der Waals surface area contributed by atoms with Crippen LogP contribution in [-0.2, 0) is 4.74 Å². The zero-order valence-electron chi connectivity index (χ0n) is 6.39. The summed E-state index contributed by atoms with van der Waals surface area (Å²) in [5.41, 5.74) is 5.25. The van der Waals surface area contributed by atoms with Gasteiger partial charge in [-0.1, -0.05) is 0 Å². The fourth-order valence-electron chi connectivity index (χ4n) is 0.433. The molecule has 0 aliphatic heterocycles. The second kappa shape index (κ2) is 5.05. The van der Waals surface area contributed by atoms with Gasteiger partial charge in [0.05, 0.1) is 6.61 Å². The van der Waals surface area contributed by atoms with Gasteiger partial charge in [-0.25, -0.2) is 4.79 Å². The summed E-state index contributed by atoms with van der Waals surface area (Å²) in [4.78, 5) is 10.6. The Morgan fingerprint density at radius 2 is 2.40 bits per heavy atom. The number of nitrogens with one attached hydrogen (secondary N) is 1. The summed E-state index contributed by atoms with van der Waals surface area (Å²) in [6.07, 6.45) is -0.402. The Labute approximate surface area is 60.7 Å². The van der Waals surface area contributed by atoms with Crippen LogP contribution in [-0.4, -0.2) is 25.3 Å². The third kappa shape index (κ3) is 4.14. The van der Waals surface area contributed by atoms with Crippen LogP contribution < -0.4 is 11.1 Å². The minimum atomic E-state index is -0.402. The lowest BCUT2D eigenvalue weighted by molar-refractivity contribution is 0.149. The summed E-state index contributed by atoms with van der Waals surface area (Å²) in [6.45, 7) is 4.39. The van der Waals surface area contributed by atoms with E-state index in [2.05, 4.69) is 10.1 Å². The maximum atomic E-state index is 10.6. The fourth-order valence-corrected chi connectivity index (χ4v) is 0.433.